The molecule has 1 heterocycles. The number of halogens is 3. The van der Waals surface area contributed by atoms with Crippen molar-refractivity contribution in [1.29, 1.82) is 0 Å². The molecule has 0 saturated heterocycles. The number of fused-ring (bicyclic) bond motifs is 1. The van der Waals surface area contributed by atoms with Gasteiger partial charge in [-0.25, -0.2) is 13.8 Å². The van der Waals surface area contributed by atoms with Gasteiger partial charge in [0.25, 0.3) is 0 Å². The van der Waals surface area contributed by atoms with Gasteiger partial charge in [-0.3, -0.25) is 4.57 Å². The van der Waals surface area contributed by atoms with Crippen LogP contribution in [0.4, 0.5) is 14.7 Å². The van der Waals surface area contributed by atoms with Crippen LogP contribution in [0.15, 0.2) is 30.3 Å². The fourth-order valence-corrected chi connectivity index (χ4v) is 2.30. The molecular weight excluding hydrogens is 284 g/mol. The number of rotatable bonds is 1. The van der Waals surface area contributed by atoms with E-state index in [-0.39, 0.29) is 17.2 Å². The second-order valence-electron chi connectivity index (χ2n) is 4.49. The van der Waals surface area contributed by atoms with Crippen LogP contribution in [0.25, 0.3) is 16.7 Å². The minimum Gasteiger partial charge on any atom is -0.369 e. The molecule has 0 unspecified atom stereocenters. The van der Waals surface area contributed by atoms with Crippen LogP contribution >= 0.6 is 11.6 Å². The number of hydrogen-bond donors (Lipinski definition) is 1. The second-order valence-corrected chi connectivity index (χ2v) is 4.93. The average Bonchev–Trinajstić information content (AvgIpc) is 2.69. The van der Waals surface area contributed by atoms with Crippen molar-refractivity contribution in [2.24, 2.45) is 0 Å². The molecule has 0 aliphatic rings. The summed E-state index contributed by atoms with van der Waals surface area (Å²) in [5.41, 5.74) is 7.16. The van der Waals surface area contributed by atoms with Gasteiger partial charge in [0.15, 0.2) is 0 Å². The van der Waals surface area contributed by atoms with Crippen LogP contribution in [0.5, 0.6) is 0 Å². The van der Waals surface area contributed by atoms with Crippen molar-refractivity contribution in [2.45, 2.75) is 6.92 Å². The highest BCUT2D eigenvalue weighted by atomic mass is 35.5. The van der Waals surface area contributed by atoms with Gasteiger partial charge in [-0.2, -0.15) is 0 Å². The van der Waals surface area contributed by atoms with E-state index in [0.29, 0.717) is 16.1 Å². The van der Waals surface area contributed by atoms with Crippen LogP contribution in [0.2, 0.25) is 5.02 Å². The maximum atomic E-state index is 14.1. The number of nitrogens with zero attached hydrogens (tertiary/aromatic N) is 2. The zero-order valence-corrected chi connectivity index (χ0v) is 11.2. The molecule has 0 fully saturated rings. The first-order chi connectivity index (χ1) is 9.47. The third-order valence-electron chi connectivity index (χ3n) is 3.11. The van der Waals surface area contributed by atoms with E-state index in [0.717, 1.165) is 12.1 Å². The summed E-state index contributed by atoms with van der Waals surface area (Å²) in [5, 5.41) is 0.498. The normalized spacial score (nSPS) is 11.2. The molecule has 0 spiro atoms. The molecule has 20 heavy (non-hydrogen) atoms. The summed E-state index contributed by atoms with van der Waals surface area (Å²) < 4.78 is 29.1. The van der Waals surface area contributed by atoms with Gasteiger partial charge in [-0.05, 0) is 36.8 Å². The summed E-state index contributed by atoms with van der Waals surface area (Å²) >= 11 is 5.88. The van der Waals surface area contributed by atoms with E-state index in [9.17, 15) is 8.78 Å². The molecule has 3 rings (SSSR count). The monoisotopic (exact) mass is 293 g/mol. The van der Waals surface area contributed by atoms with Gasteiger partial charge >= 0.3 is 0 Å². The number of hydrogen-bond acceptors (Lipinski definition) is 2. The predicted octanol–water partition coefficient (Wildman–Crippen LogP) is 3.85. The summed E-state index contributed by atoms with van der Waals surface area (Å²) in [6, 6.07) is 7.16. The Morgan fingerprint density at radius 2 is 1.90 bits per heavy atom. The van der Waals surface area contributed by atoms with Crippen LogP contribution in [-0.2, 0) is 0 Å². The highest BCUT2D eigenvalue weighted by molar-refractivity contribution is 6.31. The van der Waals surface area contributed by atoms with Crippen molar-refractivity contribution in [2.75, 3.05) is 5.73 Å². The highest BCUT2D eigenvalue weighted by Crippen LogP contribution is 2.28. The fraction of sp³-hybridized carbons (Fsp3) is 0.0714. The summed E-state index contributed by atoms with van der Waals surface area (Å²) in [4.78, 5) is 4.11. The van der Waals surface area contributed by atoms with Crippen molar-refractivity contribution in [3.8, 4) is 5.69 Å². The van der Waals surface area contributed by atoms with Gasteiger partial charge in [0.2, 0.25) is 5.95 Å². The van der Waals surface area contributed by atoms with E-state index in [4.69, 9.17) is 17.3 Å². The largest absolute Gasteiger partial charge is 0.369 e. The third kappa shape index (κ3) is 1.91. The Bertz CT molecular complexity index is 827. The standard InChI is InChI=1S/C14H10ClF2N3/c1-7-4-10(17)13(6-9(7)16)20-12-3-2-8(15)5-11(12)19-14(20)18/h2-6H,1H3,(H2,18,19). The Morgan fingerprint density at radius 3 is 2.65 bits per heavy atom. The molecule has 0 aliphatic carbocycles. The first kappa shape index (κ1) is 12.9. The smallest absolute Gasteiger partial charge is 0.206 e. The molecule has 3 aromatic rings. The van der Waals surface area contributed by atoms with Crippen molar-refractivity contribution in [3.63, 3.8) is 0 Å². The maximum absolute atomic E-state index is 14.1. The van der Waals surface area contributed by atoms with Crippen molar-refractivity contribution in [1.82, 2.24) is 9.55 Å². The molecule has 0 amide bonds. The molecule has 3 nitrogen and oxygen atoms in total. The molecule has 1 aromatic heterocycles. The molecule has 0 atom stereocenters. The average molecular weight is 294 g/mol. The number of nitrogen functional groups attached to an aromatic ring is 1. The fourth-order valence-electron chi connectivity index (χ4n) is 2.13. The van der Waals surface area contributed by atoms with Crippen LogP contribution in [0, 0.1) is 18.6 Å². The van der Waals surface area contributed by atoms with Gasteiger partial charge in [0.05, 0.1) is 16.7 Å². The molecule has 0 aliphatic heterocycles. The molecule has 0 saturated carbocycles. The zero-order chi connectivity index (χ0) is 14.4. The lowest BCUT2D eigenvalue weighted by atomic mass is 10.2. The van der Waals surface area contributed by atoms with E-state index in [1.54, 1.807) is 18.2 Å². The number of imidazole rings is 1. The SMILES string of the molecule is Cc1cc(F)c(-n2c(N)nc3cc(Cl)ccc32)cc1F. The first-order valence-corrected chi connectivity index (χ1v) is 6.24. The van der Waals surface area contributed by atoms with E-state index in [1.165, 1.54) is 11.5 Å². The highest BCUT2D eigenvalue weighted by Gasteiger charge is 2.15. The Hall–Kier alpha value is -2.14. The van der Waals surface area contributed by atoms with Gasteiger partial charge in [-0.1, -0.05) is 11.6 Å². The molecule has 2 aromatic carbocycles. The number of nitrogens with two attached hydrogens (primary N) is 1. The lowest BCUT2D eigenvalue weighted by molar-refractivity contribution is 0.587. The van der Waals surface area contributed by atoms with Gasteiger partial charge in [-0.15, -0.1) is 0 Å². The van der Waals surface area contributed by atoms with Crippen LogP contribution in [0.3, 0.4) is 0 Å². The Kier molecular flexibility index (Phi) is 2.87. The van der Waals surface area contributed by atoms with Crippen LogP contribution in [-0.4, -0.2) is 9.55 Å². The minimum atomic E-state index is -0.565. The number of benzene rings is 2. The molecular formula is C14H10ClF2N3. The topological polar surface area (TPSA) is 43.8 Å². The summed E-state index contributed by atoms with van der Waals surface area (Å²) in [6.07, 6.45) is 0. The summed E-state index contributed by atoms with van der Waals surface area (Å²) in [6.45, 7) is 1.50. The molecule has 2 N–H and O–H groups in total. The zero-order valence-electron chi connectivity index (χ0n) is 10.5. The number of aryl methyl sites for hydroxylation is 1. The molecule has 0 bridgehead atoms. The lowest BCUT2D eigenvalue weighted by Crippen LogP contribution is -2.04. The van der Waals surface area contributed by atoms with Gasteiger partial charge < -0.3 is 5.73 Å². The third-order valence-corrected chi connectivity index (χ3v) is 3.35. The number of anilines is 1. The lowest BCUT2D eigenvalue weighted by Gasteiger charge is -2.09. The van der Waals surface area contributed by atoms with Gasteiger partial charge in [0.1, 0.15) is 11.6 Å². The Morgan fingerprint density at radius 1 is 1.15 bits per heavy atom. The van der Waals surface area contributed by atoms with Crippen LogP contribution < -0.4 is 5.73 Å². The molecule has 0 radical (unpaired) electrons. The van der Waals surface area contributed by atoms with E-state index < -0.39 is 11.6 Å². The van der Waals surface area contributed by atoms with Crippen molar-refractivity contribution >= 4 is 28.6 Å². The maximum Gasteiger partial charge on any atom is 0.206 e. The first-order valence-electron chi connectivity index (χ1n) is 5.87. The second kappa shape index (κ2) is 4.45. The molecule has 102 valence electrons. The predicted molar refractivity (Wildman–Crippen MR) is 75.1 cm³/mol. The van der Waals surface area contributed by atoms with Gasteiger partial charge in [0, 0.05) is 11.1 Å². The van der Waals surface area contributed by atoms with Crippen molar-refractivity contribution in [3.05, 3.63) is 52.6 Å². The van der Waals surface area contributed by atoms with E-state index in [1.807, 2.05) is 0 Å². The van der Waals surface area contributed by atoms with Crippen LogP contribution in [0.1, 0.15) is 5.56 Å². The Balaban J connectivity index is 2.35. The minimum absolute atomic E-state index is 0.0235. The summed E-state index contributed by atoms with van der Waals surface area (Å²) in [7, 11) is 0. The number of aromatic nitrogens is 2. The quantitative estimate of drug-likeness (QED) is 0.740. The van der Waals surface area contributed by atoms with Crippen molar-refractivity contribution < 1.29 is 8.78 Å². The summed E-state index contributed by atoms with van der Waals surface area (Å²) in [5.74, 6) is -0.995. The van der Waals surface area contributed by atoms with E-state index in [2.05, 4.69) is 4.98 Å². The Labute approximate surface area is 118 Å². The molecule has 6 heteroatoms. The van der Waals surface area contributed by atoms with E-state index >= 15 is 0 Å².